The van der Waals surface area contributed by atoms with E-state index in [1.807, 2.05) is 12.1 Å². The van der Waals surface area contributed by atoms with E-state index < -0.39 is 24.5 Å². The number of nitrogens with one attached hydrogen (secondary N) is 2. The van der Waals surface area contributed by atoms with E-state index in [1.165, 1.54) is 4.68 Å². The minimum absolute atomic E-state index is 0.101. The van der Waals surface area contributed by atoms with E-state index >= 15 is 0 Å². The van der Waals surface area contributed by atoms with E-state index in [-0.39, 0.29) is 17.9 Å². The fourth-order valence-corrected chi connectivity index (χ4v) is 3.32. The lowest BCUT2D eigenvalue weighted by Gasteiger charge is -2.06. The molecular weight excluding hydrogens is 436 g/mol. The molecule has 0 bridgehead atoms. The van der Waals surface area contributed by atoms with Gasteiger partial charge in [-0.1, -0.05) is 23.7 Å². The Morgan fingerprint density at radius 3 is 2.47 bits per heavy atom. The smallest absolute Gasteiger partial charge is 0.355 e. The van der Waals surface area contributed by atoms with Gasteiger partial charge in [-0.2, -0.15) is 5.10 Å². The lowest BCUT2D eigenvalue weighted by atomic mass is 10.1. The molecule has 2 heterocycles. The molecule has 3 rings (SSSR count). The first-order chi connectivity index (χ1) is 15.2. The highest BCUT2D eigenvalue weighted by Crippen LogP contribution is 2.23. The van der Waals surface area contributed by atoms with E-state index in [2.05, 4.69) is 15.4 Å². The van der Waals surface area contributed by atoms with Crippen LogP contribution < -0.4 is 5.32 Å². The number of H-pyrrole nitrogens is 1. The number of amides is 1. The maximum absolute atomic E-state index is 12.4. The van der Waals surface area contributed by atoms with Crippen molar-refractivity contribution in [2.24, 2.45) is 7.05 Å². The molecule has 0 unspecified atom stereocenters. The predicted molar refractivity (Wildman–Crippen MR) is 119 cm³/mol. The standard InChI is InChI=1S/C22H23ClN4O5/c1-5-31-21(29)19-12(2)20(24-13(19)3)22(30)32-11-18(28)25-17-10-16(26-27(17)4)14-6-8-15(23)9-7-14/h6-10,24H,5,11H2,1-4H3,(H,25,28). The van der Waals surface area contributed by atoms with Gasteiger partial charge < -0.3 is 19.8 Å². The minimum atomic E-state index is -0.747. The van der Waals surface area contributed by atoms with Gasteiger partial charge in [0.25, 0.3) is 5.91 Å². The Bertz CT molecular complexity index is 1160. The third-order valence-electron chi connectivity index (χ3n) is 4.74. The van der Waals surface area contributed by atoms with Gasteiger partial charge in [-0.25, -0.2) is 9.59 Å². The SMILES string of the molecule is CCOC(=O)c1c(C)[nH]c(C(=O)OCC(=O)Nc2cc(-c3ccc(Cl)cc3)nn2C)c1C. The normalized spacial score (nSPS) is 10.7. The number of hydrogen-bond donors (Lipinski definition) is 2. The van der Waals surface area contributed by atoms with Crippen LogP contribution in [0.25, 0.3) is 11.3 Å². The summed E-state index contributed by atoms with van der Waals surface area (Å²) in [5.41, 5.74) is 2.77. The number of hydrogen-bond acceptors (Lipinski definition) is 6. The van der Waals surface area contributed by atoms with Gasteiger partial charge in [0.05, 0.1) is 17.9 Å². The molecular formula is C22H23ClN4O5. The van der Waals surface area contributed by atoms with Gasteiger partial charge in [0.1, 0.15) is 11.5 Å². The maximum atomic E-state index is 12.4. The summed E-state index contributed by atoms with van der Waals surface area (Å²) < 4.78 is 11.6. The molecule has 10 heteroatoms. The number of nitrogens with zero attached hydrogens (tertiary/aromatic N) is 2. The summed E-state index contributed by atoms with van der Waals surface area (Å²) in [6.07, 6.45) is 0. The van der Waals surface area contributed by atoms with Crippen LogP contribution in [0.3, 0.4) is 0 Å². The molecule has 2 N–H and O–H groups in total. The Hall–Kier alpha value is -3.59. The fourth-order valence-electron chi connectivity index (χ4n) is 3.19. The molecule has 0 saturated heterocycles. The number of aromatic amines is 1. The topological polar surface area (TPSA) is 115 Å². The van der Waals surface area contributed by atoms with Crippen molar-refractivity contribution in [3.05, 3.63) is 57.9 Å². The van der Waals surface area contributed by atoms with Crippen molar-refractivity contribution < 1.29 is 23.9 Å². The summed E-state index contributed by atoms with van der Waals surface area (Å²) in [7, 11) is 1.68. The van der Waals surface area contributed by atoms with Crippen molar-refractivity contribution in [1.82, 2.24) is 14.8 Å². The average Bonchev–Trinajstić information content (AvgIpc) is 3.25. The number of aryl methyl sites for hydroxylation is 2. The molecule has 32 heavy (non-hydrogen) atoms. The first-order valence-corrected chi connectivity index (χ1v) is 10.2. The van der Waals surface area contributed by atoms with Crippen LogP contribution in [0, 0.1) is 13.8 Å². The molecule has 9 nitrogen and oxygen atoms in total. The number of esters is 2. The number of benzene rings is 1. The summed E-state index contributed by atoms with van der Waals surface area (Å²) in [5, 5.41) is 7.64. The van der Waals surface area contributed by atoms with Crippen LogP contribution in [0.15, 0.2) is 30.3 Å². The monoisotopic (exact) mass is 458 g/mol. The highest BCUT2D eigenvalue weighted by Gasteiger charge is 2.24. The number of ether oxygens (including phenoxy) is 2. The van der Waals surface area contributed by atoms with Gasteiger partial charge in [-0.3, -0.25) is 9.48 Å². The molecule has 0 atom stereocenters. The zero-order chi connectivity index (χ0) is 23.4. The first-order valence-electron chi connectivity index (χ1n) is 9.84. The minimum Gasteiger partial charge on any atom is -0.462 e. The lowest BCUT2D eigenvalue weighted by molar-refractivity contribution is -0.119. The molecule has 0 saturated carbocycles. The van der Waals surface area contributed by atoms with Crippen LogP contribution in [-0.2, 0) is 21.3 Å². The van der Waals surface area contributed by atoms with Gasteiger partial charge >= 0.3 is 11.9 Å². The van der Waals surface area contributed by atoms with Crippen LogP contribution >= 0.6 is 11.6 Å². The molecule has 0 fully saturated rings. The second kappa shape index (κ2) is 9.69. The van der Waals surface area contributed by atoms with Crippen LogP contribution in [0.4, 0.5) is 5.82 Å². The van der Waals surface area contributed by atoms with Crippen molar-refractivity contribution in [1.29, 1.82) is 0 Å². The Kier molecular flexibility index (Phi) is 6.99. The number of rotatable bonds is 7. The number of aromatic nitrogens is 3. The zero-order valence-corrected chi connectivity index (χ0v) is 18.9. The van der Waals surface area contributed by atoms with Crippen molar-refractivity contribution in [3.63, 3.8) is 0 Å². The maximum Gasteiger partial charge on any atom is 0.355 e. The Labute approximate surface area is 189 Å². The lowest BCUT2D eigenvalue weighted by Crippen LogP contribution is -2.22. The predicted octanol–water partition coefficient (Wildman–Crippen LogP) is 3.66. The highest BCUT2D eigenvalue weighted by molar-refractivity contribution is 6.30. The summed E-state index contributed by atoms with van der Waals surface area (Å²) in [6.45, 7) is 4.68. The molecule has 1 amide bonds. The van der Waals surface area contributed by atoms with Crippen molar-refractivity contribution in [3.8, 4) is 11.3 Å². The Morgan fingerprint density at radius 1 is 1.12 bits per heavy atom. The van der Waals surface area contributed by atoms with Crippen LogP contribution in [-0.4, -0.2) is 45.8 Å². The molecule has 1 aromatic carbocycles. The third kappa shape index (κ3) is 5.00. The van der Waals surface area contributed by atoms with Gasteiger partial charge in [0.2, 0.25) is 0 Å². The number of anilines is 1. The molecule has 0 aliphatic rings. The number of carbonyl (C=O) groups excluding carboxylic acids is 3. The van der Waals surface area contributed by atoms with E-state index in [0.717, 1.165) is 5.56 Å². The van der Waals surface area contributed by atoms with Crippen LogP contribution in [0.2, 0.25) is 5.02 Å². The Balaban J connectivity index is 1.63. The zero-order valence-electron chi connectivity index (χ0n) is 18.1. The molecule has 0 aliphatic heterocycles. The van der Waals surface area contributed by atoms with Gasteiger partial charge in [0, 0.05) is 29.4 Å². The van der Waals surface area contributed by atoms with Crippen molar-refractivity contribution in [2.75, 3.05) is 18.5 Å². The third-order valence-corrected chi connectivity index (χ3v) is 4.99. The van der Waals surface area contributed by atoms with E-state index in [1.54, 1.807) is 46.0 Å². The van der Waals surface area contributed by atoms with Crippen LogP contribution in [0.1, 0.15) is 39.0 Å². The largest absolute Gasteiger partial charge is 0.462 e. The summed E-state index contributed by atoms with van der Waals surface area (Å²) in [6, 6.07) is 8.85. The summed E-state index contributed by atoms with van der Waals surface area (Å²) in [5.74, 6) is -1.37. The van der Waals surface area contributed by atoms with Crippen molar-refractivity contribution >= 4 is 35.3 Å². The second-order valence-corrected chi connectivity index (χ2v) is 7.45. The van der Waals surface area contributed by atoms with Crippen molar-refractivity contribution in [2.45, 2.75) is 20.8 Å². The fraction of sp³-hybridized carbons (Fsp3) is 0.273. The number of carbonyl (C=O) groups is 3. The number of halogens is 1. The van der Waals surface area contributed by atoms with Gasteiger partial charge in [-0.15, -0.1) is 0 Å². The summed E-state index contributed by atoms with van der Waals surface area (Å²) in [4.78, 5) is 39.6. The van der Waals surface area contributed by atoms with E-state index in [4.69, 9.17) is 21.1 Å². The quantitative estimate of drug-likeness (QED) is 0.522. The molecule has 0 radical (unpaired) electrons. The van der Waals surface area contributed by atoms with Gasteiger partial charge in [0.15, 0.2) is 6.61 Å². The average molecular weight is 459 g/mol. The molecule has 168 valence electrons. The Morgan fingerprint density at radius 2 is 1.81 bits per heavy atom. The molecule has 0 aliphatic carbocycles. The van der Waals surface area contributed by atoms with E-state index in [9.17, 15) is 14.4 Å². The summed E-state index contributed by atoms with van der Waals surface area (Å²) >= 11 is 5.91. The van der Waals surface area contributed by atoms with E-state index in [0.29, 0.717) is 27.8 Å². The van der Waals surface area contributed by atoms with Gasteiger partial charge in [-0.05, 0) is 38.5 Å². The van der Waals surface area contributed by atoms with Crippen LogP contribution in [0.5, 0.6) is 0 Å². The molecule has 0 spiro atoms. The highest BCUT2D eigenvalue weighted by atomic mass is 35.5. The molecule has 2 aromatic heterocycles. The molecule has 3 aromatic rings. The second-order valence-electron chi connectivity index (χ2n) is 7.02. The first kappa shape index (κ1) is 23.1.